The Morgan fingerprint density at radius 2 is 2.08 bits per heavy atom. The van der Waals surface area contributed by atoms with Gasteiger partial charge in [0.05, 0.1) is 34.8 Å². The summed E-state index contributed by atoms with van der Waals surface area (Å²) in [6, 6.07) is 7.85. The van der Waals surface area contributed by atoms with Crippen molar-refractivity contribution >= 4 is 37.3 Å². The fraction of sp³-hybridized carbons (Fsp3) is 0.500. The molecule has 1 amide bonds. The molecule has 0 unspecified atom stereocenters. The Kier molecular flexibility index (Phi) is 4.89. The number of benzene rings is 1. The number of carbonyl (C=O) groups is 1. The second-order valence-corrected chi connectivity index (χ2v) is 9.64. The number of para-hydroxylation sites is 1. The third-order valence-electron chi connectivity index (χ3n) is 4.35. The number of aromatic nitrogens is 1. The number of sulfone groups is 1. The number of hydrogen-bond donors (Lipinski definition) is 0. The molecule has 8 heteroatoms. The van der Waals surface area contributed by atoms with Gasteiger partial charge in [-0.2, -0.15) is 0 Å². The van der Waals surface area contributed by atoms with Crippen LogP contribution in [0.15, 0.2) is 24.3 Å². The lowest BCUT2D eigenvalue weighted by atomic mass is 10.2. The average molecular weight is 367 g/mol. The van der Waals surface area contributed by atoms with Crippen molar-refractivity contribution in [3.05, 3.63) is 29.3 Å². The third-order valence-corrected chi connectivity index (χ3v) is 7.12. The van der Waals surface area contributed by atoms with Crippen molar-refractivity contribution in [2.45, 2.75) is 19.0 Å². The van der Waals surface area contributed by atoms with Gasteiger partial charge in [-0.1, -0.05) is 12.1 Å². The first-order valence-electron chi connectivity index (χ1n) is 7.83. The molecule has 1 aliphatic rings. The molecule has 0 spiro atoms. The normalized spacial score (nSPS) is 19.9. The van der Waals surface area contributed by atoms with Gasteiger partial charge in [0, 0.05) is 13.1 Å². The van der Waals surface area contributed by atoms with Crippen molar-refractivity contribution in [2.75, 3.05) is 32.1 Å². The zero-order valence-electron chi connectivity index (χ0n) is 13.8. The van der Waals surface area contributed by atoms with Crippen LogP contribution in [0, 0.1) is 0 Å². The fourth-order valence-electron chi connectivity index (χ4n) is 2.86. The standard InChI is InChI=1S/C16H21N3O3S2/c1-18(12-7-8-24(21,22)11-12)10-16(20)19(2)9-15-17-13-5-3-4-6-14(13)23-15/h3-6,12H,7-11H2,1-2H3/t12-/m0/s1. The van der Waals surface area contributed by atoms with Crippen LogP contribution in [-0.2, 0) is 21.2 Å². The van der Waals surface area contributed by atoms with Crippen molar-refractivity contribution in [2.24, 2.45) is 0 Å². The lowest BCUT2D eigenvalue weighted by molar-refractivity contribution is -0.131. The molecule has 6 nitrogen and oxygen atoms in total. The van der Waals surface area contributed by atoms with Gasteiger partial charge in [-0.25, -0.2) is 13.4 Å². The number of carbonyl (C=O) groups excluding carboxylic acids is 1. The highest BCUT2D eigenvalue weighted by Crippen LogP contribution is 2.22. The Hall–Kier alpha value is -1.51. The molecule has 1 saturated heterocycles. The van der Waals surface area contributed by atoms with Gasteiger partial charge in [-0.15, -0.1) is 11.3 Å². The van der Waals surface area contributed by atoms with Crippen molar-refractivity contribution in [1.82, 2.24) is 14.8 Å². The molecule has 1 aliphatic heterocycles. The summed E-state index contributed by atoms with van der Waals surface area (Å²) in [5, 5.41) is 0.901. The second kappa shape index (κ2) is 6.78. The zero-order valence-corrected chi connectivity index (χ0v) is 15.4. The van der Waals surface area contributed by atoms with Gasteiger partial charge < -0.3 is 4.90 Å². The largest absolute Gasteiger partial charge is 0.338 e. The van der Waals surface area contributed by atoms with E-state index in [-0.39, 0.29) is 30.0 Å². The van der Waals surface area contributed by atoms with E-state index in [0.717, 1.165) is 15.2 Å². The Bertz CT molecular complexity index is 814. The average Bonchev–Trinajstić information content (AvgIpc) is 3.09. The summed E-state index contributed by atoms with van der Waals surface area (Å²) >= 11 is 1.59. The highest BCUT2D eigenvalue weighted by Gasteiger charge is 2.31. The summed E-state index contributed by atoms with van der Waals surface area (Å²) in [5.41, 5.74) is 0.951. The van der Waals surface area contributed by atoms with E-state index in [1.807, 2.05) is 36.2 Å². The van der Waals surface area contributed by atoms with Crippen LogP contribution < -0.4 is 0 Å². The maximum Gasteiger partial charge on any atom is 0.236 e. The van der Waals surface area contributed by atoms with E-state index in [4.69, 9.17) is 0 Å². The summed E-state index contributed by atoms with van der Waals surface area (Å²) in [4.78, 5) is 20.4. The Balaban J connectivity index is 1.58. The molecule has 0 N–H and O–H groups in total. The van der Waals surface area contributed by atoms with Gasteiger partial charge in [0.15, 0.2) is 9.84 Å². The SMILES string of the molecule is CN(Cc1nc2ccccc2s1)C(=O)CN(C)[C@H]1CCS(=O)(=O)C1. The number of thiazole rings is 1. The molecule has 1 aromatic heterocycles. The van der Waals surface area contributed by atoms with E-state index in [0.29, 0.717) is 13.0 Å². The topological polar surface area (TPSA) is 70.6 Å². The Labute approximate surface area is 146 Å². The highest BCUT2D eigenvalue weighted by atomic mass is 32.2. The number of nitrogens with zero attached hydrogens (tertiary/aromatic N) is 3. The zero-order chi connectivity index (χ0) is 17.3. The minimum atomic E-state index is -2.93. The second-order valence-electron chi connectivity index (χ2n) is 6.30. The van der Waals surface area contributed by atoms with E-state index in [1.54, 1.807) is 23.3 Å². The Morgan fingerprint density at radius 3 is 2.75 bits per heavy atom. The van der Waals surface area contributed by atoms with E-state index < -0.39 is 9.84 Å². The predicted molar refractivity (Wildman–Crippen MR) is 95.8 cm³/mol. The van der Waals surface area contributed by atoms with Crippen LogP contribution in [0.5, 0.6) is 0 Å². The molecule has 0 radical (unpaired) electrons. The molecule has 2 aromatic rings. The maximum absolute atomic E-state index is 12.4. The molecule has 1 aromatic carbocycles. The predicted octanol–water partition coefficient (Wildman–Crippen LogP) is 1.37. The summed E-state index contributed by atoms with van der Waals surface area (Å²) in [5.74, 6) is 0.344. The molecule has 130 valence electrons. The van der Waals surface area contributed by atoms with Crippen LogP contribution >= 0.6 is 11.3 Å². The van der Waals surface area contributed by atoms with Crippen molar-refractivity contribution in [1.29, 1.82) is 0 Å². The molecule has 2 heterocycles. The van der Waals surface area contributed by atoms with Gasteiger partial charge in [0.1, 0.15) is 5.01 Å². The van der Waals surface area contributed by atoms with Crippen molar-refractivity contribution in [3.8, 4) is 0 Å². The minimum Gasteiger partial charge on any atom is -0.338 e. The van der Waals surface area contributed by atoms with Crippen LogP contribution in [-0.4, -0.2) is 67.3 Å². The summed E-state index contributed by atoms with van der Waals surface area (Å²) in [7, 11) is 0.637. The smallest absolute Gasteiger partial charge is 0.236 e. The first-order valence-corrected chi connectivity index (χ1v) is 10.5. The molecular formula is C16H21N3O3S2. The lowest BCUT2D eigenvalue weighted by Gasteiger charge is -2.25. The van der Waals surface area contributed by atoms with Crippen molar-refractivity contribution < 1.29 is 13.2 Å². The first kappa shape index (κ1) is 17.3. The van der Waals surface area contributed by atoms with E-state index in [1.165, 1.54) is 0 Å². The summed E-state index contributed by atoms with van der Waals surface area (Å²) < 4.78 is 24.2. The highest BCUT2D eigenvalue weighted by molar-refractivity contribution is 7.91. The van der Waals surface area contributed by atoms with Crippen LogP contribution in [0.2, 0.25) is 0 Å². The number of rotatable bonds is 5. The maximum atomic E-state index is 12.4. The molecule has 1 atom stereocenters. The number of fused-ring (bicyclic) bond motifs is 1. The molecular weight excluding hydrogens is 346 g/mol. The number of hydrogen-bond acceptors (Lipinski definition) is 6. The summed E-state index contributed by atoms with van der Waals surface area (Å²) in [6.45, 7) is 0.691. The number of amides is 1. The minimum absolute atomic E-state index is 0.0268. The molecule has 0 aliphatic carbocycles. The molecule has 24 heavy (non-hydrogen) atoms. The third kappa shape index (κ3) is 3.93. The van der Waals surface area contributed by atoms with Gasteiger partial charge in [-0.3, -0.25) is 9.69 Å². The lowest BCUT2D eigenvalue weighted by Crippen LogP contribution is -2.41. The van der Waals surface area contributed by atoms with Crippen LogP contribution in [0.1, 0.15) is 11.4 Å². The van der Waals surface area contributed by atoms with Gasteiger partial charge in [-0.05, 0) is 25.6 Å². The van der Waals surface area contributed by atoms with Crippen molar-refractivity contribution in [3.63, 3.8) is 0 Å². The van der Waals surface area contributed by atoms with Crippen LogP contribution in [0.4, 0.5) is 0 Å². The van der Waals surface area contributed by atoms with Gasteiger partial charge in [0.2, 0.25) is 5.91 Å². The molecule has 0 saturated carbocycles. The van der Waals surface area contributed by atoms with E-state index in [9.17, 15) is 13.2 Å². The van der Waals surface area contributed by atoms with Gasteiger partial charge in [0.25, 0.3) is 0 Å². The first-order chi connectivity index (χ1) is 11.3. The van der Waals surface area contributed by atoms with E-state index >= 15 is 0 Å². The quantitative estimate of drug-likeness (QED) is 0.798. The molecule has 3 rings (SSSR count). The van der Waals surface area contributed by atoms with Gasteiger partial charge >= 0.3 is 0 Å². The van der Waals surface area contributed by atoms with E-state index in [2.05, 4.69) is 4.98 Å². The monoisotopic (exact) mass is 367 g/mol. The Morgan fingerprint density at radius 1 is 1.33 bits per heavy atom. The fourth-order valence-corrected chi connectivity index (χ4v) is 5.69. The summed E-state index contributed by atoms with van der Waals surface area (Å²) in [6.07, 6.45) is 0.605. The molecule has 0 bridgehead atoms. The van der Waals surface area contributed by atoms with Crippen LogP contribution in [0.25, 0.3) is 10.2 Å². The number of likely N-dealkylation sites (N-methyl/N-ethyl adjacent to an activating group) is 2. The molecule has 1 fully saturated rings. The van der Waals surface area contributed by atoms with Crippen LogP contribution in [0.3, 0.4) is 0 Å².